The van der Waals surface area contributed by atoms with Crippen LogP contribution in [0.1, 0.15) is 44.3 Å². The van der Waals surface area contributed by atoms with Crippen LogP contribution in [0.15, 0.2) is 5.38 Å². The topological polar surface area (TPSA) is 34.1 Å². The van der Waals surface area contributed by atoms with Crippen molar-refractivity contribution in [2.24, 2.45) is 0 Å². The van der Waals surface area contributed by atoms with Crippen LogP contribution in [0.2, 0.25) is 0 Å². The number of hydrogen-bond donors (Lipinski definition) is 1. The molecule has 4 heteroatoms. The summed E-state index contributed by atoms with van der Waals surface area (Å²) in [5, 5.41) is 6.90. The first-order valence-electron chi connectivity index (χ1n) is 6.66. The number of aryl methyl sites for hydroxylation is 1. The van der Waals surface area contributed by atoms with Gasteiger partial charge in [0.1, 0.15) is 0 Å². The minimum atomic E-state index is -0.0353. The van der Waals surface area contributed by atoms with E-state index in [4.69, 9.17) is 4.74 Å². The van der Waals surface area contributed by atoms with E-state index in [1.807, 2.05) is 0 Å². The van der Waals surface area contributed by atoms with E-state index in [1.54, 1.807) is 18.4 Å². The van der Waals surface area contributed by atoms with Crippen molar-refractivity contribution in [3.05, 3.63) is 16.1 Å². The lowest BCUT2D eigenvalue weighted by atomic mass is 9.97. The van der Waals surface area contributed by atoms with Crippen molar-refractivity contribution in [2.75, 3.05) is 13.7 Å². The fraction of sp³-hybridized carbons (Fsp3) is 0.786. The molecular weight excluding hydrogens is 244 g/mol. The molecule has 1 N–H and O–H groups in total. The van der Waals surface area contributed by atoms with Gasteiger partial charge in [-0.3, -0.25) is 0 Å². The second kappa shape index (κ2) is 7.22. The third kappa shape index (κ3) is 5.46. The number of ether oxygens (including phenoxy) is 1. The van der Waals surface area contributed by atoms with Gasteiger partial charge >= 0.3 is 0 Å². The van der Waals surface area contributed by atoms with Crippen LogP contribution in [0, 0.1) is 6.92 Å². The molecule has 1 unspecified atom stereocenters. The number of thiazole rings is 1. The molecule has 0 aromatic carbocycles. The van der Waals surface area contributed by atoms with Gasteiger partial charge in [-0.05, 0) is 40.2 Å². The summed E-state index contributed by atoms with van der Waals surface area (Å²) in [6, 6.07) is 0.495. The van der Waals surface area contributed by atoms with Crippen LogP contribution in [-0.2, 0) is 11.2 Å². The zero-order valence-electron chi connectivity index (χ0n) is 12.2. The second-order valence-electron chi connectivity index (χ2n) is 5.34. The Kier molecular flexibility index (Phi) is 6.26. The highest BCUT2D eigenvalue weighted by molar-refractivity contribution is 7.09. The fourth-order valence-electron chi connectivity index (χ4n) is 1.90. The van der Waals surface area contributed by atoms with E-state index in [0.717, 1.165) is 31.5 Å². The van der Waals surface area contributed by atoms with Crippen LogP contribution in [0.5, 0.6) is 0 Å². The molecule has 104 valence electrons. The van der Waals surface area contributed by atoms with Gasteiger partial charge in [0.15, 0.2) is 0 Å². The first kappa shape index (κ1) is 15.6. The summed E-state index contributed by atoms with van der Waals surface area (Å²) < 4.78 is 5.48. The summed E-state index contributed by atoms with van der Waals surface area (Å²) in [5.74, 6) is 0. The molecule has 0 fully saturated rings. The lowest BCUT2D eigenvalue weighted by Gasteiger charge is -2.26. The van der Waals surface area contributed by atoms with E-state index < -0.39 is 0 Å². The maximum Gasteiger partial charge on any atom is 0.0943 e. The van der Waals surface area contributed by atoms with Crippen LogP contribution in [0.25, 0.3) is 0 Å². The molecule has 1 aromatic heterocycles. The molecule has 0 saturated carbocycles. The molecule has 0 bridgehead atoms. The molecule has 0 aliphatic heterocycles. The number of methoxy groups -OCH3 is 1. The summed E-state index contributed by atoms with van der Waals surface area (Å²) in [6.45, 7) is 9.49. The molecule has 1 heterocycles. The Hall–Kier alpha value is -0.450. The Balaban J connectivity index is 2.49. The molecule has 3 nitrogen and oxygen atoms in total. The van der Waals surface area contributed by atoms with Crippen molar-refractivity contribution in [1.29, 1.82) is 0 Å². The van der Waals surface area contributed by atoms with Crippen LogP contribution < -0.4 is 5.32 Å². The molecule has 0 amide bonds. The van der Waals surface area contributed by atoms with Gasteiger partial charge in [0.05, 0.1) is 10.6 Å². The highest BCUT2D eigenvalue weighted by Crippen LogP contribution is 2.19. The fourth-order valence-corrected chi connectivity index (χ4v) is 2.75. The lowest BCUT2D eigenvalue weighted by molar-refractivity contribution is 0.0117. The summed E-state index contributed by atoms with van der Waals surface area (Å²) in [7, 11) is 1.78. The third-order valence-electron chi connectivity index (χ3n) is 3.23. The van der Waals surface area contributed by atoms with Crippen LogP contribution in [0.3, 0.4) is 0 Å². The average Bonchev–Trinajstić information content (AvgIpc) is 2.72. The number of hydrogen-bond acceptors (Lipinski definition) is 4. The normalized spacial score (nSPS) is 13.8. The highest BCUT2D eigenvalue weighted by atomic mass is 32.1. The van der Waals surface area contributed by atoms with Crippen molar-refractivity contribution in [2.45, 2.75) is 58.6 Å². The van der Waals surface area contributed by atoms with Crippen molar-refractivity contribution in [3.8, 4) is 0 Å². The van der Waals surface area contributed by atoms with Gasteiger partial charge in [-0.2, -0.15) is 0 Å². The number of aromatic nitrogens is 1. The Labute approximate surface area is 115 Å². The summed E-state index contributed by atoms with van der Waals surface area (Å²) in [4.78, 5) is 4.54. The van der Waals surface area contributed by atoms with Crippen molar-refractivity contribution in [1.82, 2.24) is 10.3 Å². The summed E-state index contributed by atoms with van der Waals surface area (Å²) in [5.41, 5.74) is 1.09. The van der Waals surface area contributed by atoms with E-state index in [9.17, 15) is 0 Å². The van der Waals surface area contributed by atoms with Gasteiger partial charge in [0.25, 0.3) is 0 Å². The number of rotatable bonds is 8. The Bertz CT molecular complexity index is 349. The molecule has 0 spiro atoms. The average molecular weight is 270 g/mol. The number of nitrogens with one attached hydrogen (secondary N) is 1. The Morgan fingerprint density at radius 1 is 1.50 bits per heavy atom. The Morgan fingerprint density at radius 2 is 2.22 bits per heavy atom. The van der Waals surface area contributed by atoms with Crippen LogP contribution in [-0.4, -0.2) is 30.3 Å². The molecule has 0 aliphatic carbocycles. The maximum absolute atomic E-state index is 5.48. The third-order valence-corrected chi connectivity index (χ3v) is 4.22. The van der Waals surface area contributed by atoms with E-state index in [-0.39, 0.29) is 5.60 Å². The van der Waals surface area contributed by atoms with Gasteiger partial charge in [-0.1, -0.05) is 6.92 Å². The van der Waals surface area contributed by atoms with E-state index in [2.05, 4.69) is 43.4 Å². The molecule has 1 atom stereocenters. The molecule has 0 aliphatic rings. The maximum atomic E-state index is 5.48. The minimum Gasteiger partial charge on any atom is -0.379 e. The second-order valence-corrected chi connectivity index (χ2v) is 6.29. The zero-order valence-corrected chi connectivity index (χ0v) is 13.1. The highest BCUT2D eigenvalue weighted by Gasteiger charge is 2.19. The van der Waals surface area contributed by atoms with Crippen LogP contribution in [0.4, 0.5) is 0 Å². The largest absolute Gasteiger partial charge is 0.379 e. The van der Waals surface area contributed by atoms with Crippen molar-refractivity contribution < 1.29 is 4.74 Å². The minimum absolute atomic E-state index is 0.0353. The predicted molar refractivity (Wildman–Crippen MR) is 78.3 cm³/mol. The van der Waals surface area contributed by atoms with Crippen molar-refractivity contribution >= 4 is 11.3 Å². The number of likely N-dealkylation sites (N-methyl/N-ethyl adjacent to an activating group) is 1. The van der Waals surface area contributed by atoms with Crippen LogP contribution >= 0.6 is 11.3 Å². The summed E-state index contributed by atoms with van der Waals surface area (Å²) in [6.07, 6.45) is 3.20. The van der Waals surface area contributed by atoms with E-state index in [1.165, 1.54) is 5.01 Å². The Morgan fingerprint density at radius 3 is 2.72 bits per heavy atom. The SMILES string of the molecule is CCNC(CCC(C)(C)OC)Cc1nc(C)cs1. The van der Waals surface area contributed by atoms with Gasteiger partial charge in [0, 0.05) is 30.6 Å². The predicted octanol–water partition coefficient (Wildman–Crippen LogP) is 3.18. The van der Waals surface area contributed by atoms with E-state index >= 15 is 0 Å². The van der Waals surface area contributed by atoms with Gasteiger partial charge in [-0.25, -0.2) is 4.98 Å². The van der Waals surface area contributed by atoms with Crippen molar-refractivity contribution in [3.63, 3.8) is 0 Å². The molecule has 18 heavy (non-hydrogen) atoms. The van der Waals surface area contributed by atoms with E-state index in [0.29, 0.717) is 6.04 Å². The first-order chi connectivity index (χ1) is 8.46. The van der Waals surface area contributed by atoms with Gasteiger partial charge in [-0.15, -0.1) is 11.3 Å². The molecule has 1 rings (SSSR count). The quantitative estimate of drug-likeness (QED) is 0.788. The molecular formula is C14H26N2OS. The lowest BCUT2D eigenvalue weighted by Crippen LogP contribution is -2.34. The van der Waals surface area contributed by atoms with Gasteiger partial charge in [0.2, 0.25) is 0 Å². The molecule has 1 aromatic rings. The standard InChI is InChI=1S/C14H26N2OS/c1-6-15-12(7-8-14(3,4)17-5)9-13-16-11(2)10-18-13/h10,12,15H,6-9H2,1-5H3. The smallest absolute Gasteiger partial charge is 0.0943 e. The van der Waals surface area contributed by atoms with Gasteiger partial charge < -0.3 is 10.1 Å². The molecule has 0 saturated heterocycles. The first-order valence-corrected chi connectivity index (χ1v) is 7.54. The zero-order chi connectivity index (χ0) is 13.6. The summed E-state index contributed by atoms with van der Waals surface area (Å²) >= 11 is 1.76. The number of nitrogens with zero attached hydrogens (tertiary/aromatic N) is 1. The molecule has 0 radical (unpaired) electrons. The monoisotopic (exact) mass is 270 g/mol.